The van der Waals surface area contributed by atoms with E-state index in [1.807, 2.05) is 24.3 Å². The molecule has 1 aliphatic carbocycles. The van der Waals surface area contributed by atoms with Crippen molar-refractivity contribution in [2.75, 3.05) is 6.61 Å². The zero-order valence-electron chi connectivity index (χ0n) is 12.1. The van der Waals surface area contributed by atoms with Crippen LogP contribution in [0.5, 0.6) is 0 Å². The number of unbranched alkanes of at least 4 members (excludes halogenated alkanes) is 2. The van der Waals surface area contributed by atoms with Gasteiger partial charge in [-0.2, -0.15) is 0 Å². The standard InChI is InChI=1S/C18H22O2/c1-2-3-4-12-20-18-7-5-6-17(13-18)16-10-8-15(14-19)9-11-16/h6,8-11,13-14H,2-5,7,12H2,1H3. The Kier molecular flexibility index (Phi) is 5.60. The minimum absolute atomic E-state index is 0.713. The summed E-state index contributed by atoms with van der Waals surface area (Å²) < 4.78 is 5.85. The highest BCUT2D eigenvalue weighted by Gasteiger charge is 2.08. The molecule has 1 aromatic rings. The van der Waals surface area contributed by atoms with E-state index in [0.29, 0.717) is 5.56 Å². The fourth-order valence-electron chi connectivity index (χ4n) is 2.30. The van der Waals surface area contributed by atoms with Gasteiger partial charge in [0.15, 0.2) is 0 Å². The predicted octanol–water partition coefficient (Wildman–Crippen LogP) is 4.77. The fraction of sp³-hybridized carbons (Fsp3) is 0.389. The van der Waals surface area contributed by atoms with Gasteiger partial charge in [0.05, 0.1) is 12.4 Å². The largest absolute Gasteiger partial charge is 0.498 e. The summed E-state index contributed by atoms with van der Waals surface area (Å²) in [6, 6.07) is 7.69. The predicted molar refractivity (Wildman–Crippen MR) is 82.6 cm³/mol. The summed E-state index contributed by atoms with van der Waals surface area (Å²) in [5, 5.41) is 0. The number of hydrogen-bond donors (Lipinski definition) is 0. The molecule has 0 radical (unpaired) electrons. The summed E-state index contributed by atoms with van der Waals surface area (Å²) >= 11 is 0. The van der Waals surface area contributed by atoms with E-state index in [4.69, 9.17) is 4.74 Å². The molecule has 20 heavy (non-hydrogen) atoms. The zero-order valence-corrected chi connectivity index (χ0v) is 12.1. The molecule has 0 saturated carbocycles. The van der Waals surface area contributed by atoms with Crippen molar-refractivity contribution in [2.24, 2.45) is 0 Å². The molecular formula is C18H22O2. The number of aldehydes is 1. The summed E-state index contributed by atoms with van der Waals surface area (Å²) in [6.07, 6.45) is 10.8. The average Bonchev–Trinajstić information content (AvgIpc) is 2.52. The summed E-state index contributed by atoms with van der Waals surface area (Å²) in [6.45, 7) is 3.01. The smallest absolute Gasteiger partial charge is 0.150 e. The highest BCUT2D eigenvalue weighted by Crippen LogP contribution is 2.26. The lowest BCUT2D eigenvalue weighted by Crippen LogP contribution is -1.99. The van der Waals surface area contributed by atoms with E-state index in [1.165, 1.54) is 18.4 Å². The Hall–Kier alpha value is -1.83. The lowest BCUT2D eigenvalue weighted by Gasteiger charge is -2.15. The van der Waals surface area contributed by atoms with Gasteiger partial charge >= 0.3 is 0 Å². The van der Waals surface area contributed by atoms with Crippen molar-refractivity contribution in [3.63, 3.8) is 0 Å². The van der Waals surface area contributed by atoms with Crippen molar-refractivity contribution >= 4 is 11.9 Å². The van der Waals surface area contributed by atoms with E-state index >= 15 is 0 Å². The minimum Gasteiger partial charge on any atom is -0.498 e. The normalized spacial score (nSPS) is 14.4. The molecule has 2 rings (SSSR count). The first-order chi connectivity index (χ1) is 9.83. The lowest BCUT2D eigenvalue weighted by molar-refractivity contribution is 0.112. The van der Waals surface area contributed by atoms with E-state index < -0.39 is 0 Å². The van der Waals surface area contributed by atoms with Crippen LogP contribution in [0.25, 0.3) is 5.57 Å². The van der Waals surface area contributed by atoms with Crippen LogP contribution in [0.3, 0.4) is 0 Å². The molecule has 2 heteroatoms. The van der Waals surface area contributed by atoms with E-state index in [-0.39, 0.29) is 0 Å². The van der Waals surface area contributed by atoms with Crippen molar-refractivity contribution in [3.8, 4) is 0 Å². The first-order valence-electron chi connectivity index (χ1n) is 7.42. The van der Waals surface area contributed by atoms with Gasteiger partial charge in [0.25, 0.3) is 0 Å². The Labute approximate surface area is 121 Å². The second-order valence-corrected chi connectivity index (χ2v) is 5.10. The molecule has 0 atom stereocenters. The van der Waals surface area contributed by atoms with E-state index in [9.17, 15) is 4.79 Å². The molecular weight excluding hydrogens is 248 g/mol. The zero-order chi connectivity index (χ0) is 14.2. The first-order valence-corrected chi connectivity index (χ1v) is 7.42. The van der Waals surface area contributed by atoms with Crippen LogP contribution in [0.2, 0.25) is 0 Å². The SMILES string of the molecule is CCCCCOC1=CC(c2ccc(C=O)cc2)=CCC1. The number of allylic oxidation sites excluding steroid dienone is 4. The van der Waals surface area contributed by atoms with Crippen molar-refractivity contribution in [2.45, 2.75) is 39.0 Å². The summed E-state index contributed by atoms with van der Waals surface area (Å²) in [7, 11) is 0. The molecule has 1 aromatic carbocycles. The van der Waals surface area contributed by atoms with Crippen LogP contribution >= 0.6 is 0 Å². The number of rotatable bonds is 7. The van der Waals surface area contributed by atoms with E-state index in [1.54, 1.807) is 0 Å². The third-order valence-electron chi connectivity index (χ3n) is 3.49. The van der Waals surface area contributed by atoms with Gasteiger partial charge in [0.1, 0.15) is 6.29 Å². The highest BCUT2D eigenvalue weighted by atomic mass is 16.5. The van der Waals surface area contributed by atoms with Crippen LogP contribution in [0.15, 0.2) is 42.2 Å². The second kappa shape index (κ2) is 7.68. The van der Waals surface area contributed by atoms with Crippen molar-refractivity contribution in [1.82, 2.24) is 0 Å². The monoisotopic (exact) mass is 270 g/mol. The number of carbonyl (C=O) groups is 1. The first kappa shape index (κ1) is 14.6. The molecule has 0 aromatic heterocycles. The van der Waals surface area contributed by atoms with Gasteiger partial charge in [-0.1, -0.05) is 50.1 Å². The van der Waals surface area contributed by atoms with Crippen molar-refractivity contribution < 1.29 is 9.53 Å². The molecule has 0 spiro atoms. The van der Waals surface area contributed by atoms with Crippen LogP contribution in [0.1, 0.15) is 54.9 Å². The van der Waals surface area contributed by atoms with Crippen LogP contribution in [-0.2, 0) is 4.74 Å². The molecule has 0 heterocycles. The topological polar surface area (TPSA) is 26.3 Å². The Morgan fingerprint density at radius 2 is 2.00 bits per heavy atom. The Bertz CT molecular complexity index is 495. The van der Waals surface area contributed by atoms with Crippen molar-refractivity contribution in [1.29, 1.82) is 0 Å². The second-order valence-electron chi connectivity index (χ2n) is 5.10. The maximum absolute atomic E-state index is 10.7. The Morgan fingerprint density at radius 1 is 1.20 bits per heavy atom. The average molecular weight is 270 g/mol. The van der Waals surface area contributed by atoms with Crippen LogP contribution < -0.4 is 0 Å². The van der Waals surface area contributed by atoms with Gasteiger partial charge in [-0.3, -0.25) is 4.79 Å². The van der Waals surface area contributed by atoms with Crippen LogP contribution in [0, 0.1) is 0 Å². The minimum atomic E-state index is 0.713. The lowest BCUT2D eigenvalue weighted by atomic mass is 9.98. The van der Waals surface area contributed by atoms with Crippen LogP contribution in [-0.4, -0.2) is 12.9 Å². The van der Waals surface area contributed by atoms with Gasteiger partial charge in [0, 0.05) is 12.0 Å². The molecule has 0 aliphatic heterocycles. The third-order valence-corrected chi connectivity index (χ3v) is 3.49. The number of hydrogen-bond acceptors (Lipinski definition) is 2. The number of ether oxygens (including phenoxy) is 1. The van der Waals surface area contributed by atoms with Crippen molar-refractivity contribution in [3.05, 3.63) is 53.3 Å². The molecule has 0 N–H and O–H groups in total. The van der Waals surface area contributed by atoms with Gasteiger partial charge in [-0.25, -0.2) is 0 Å². The molecule has 0 saturated heterocycles. The molecule has 1 aliphatic rings. The van der Waals surface area contributed by atoms with Gasteiger partial charge in [-0.05, 0) is 30.1 Å². The van der Waals surface area contributed by atoms with Gasteiger partial charge < -0.3 is 4.74 Å². The third kappa shape index (κ3) is 4.09. The van der Waals surface area contributed by atoms with Gasteiger partial charge in [0.2, 0.25) is 0 Å². The quantitative estimate of drug-likeness (QED) is 0.527. The molecule has 0 unspecified atom stereocenters. The summed E-state index contributed by atoms with van der Waals surface area (Å²) in [4.78, 5) is 10.7. The highest BCUT2D eigenvalue weighted by molar-refractivity contribution is 5.79. The number of carbonyl (C=O) groups excluding carboxylic acids is 1. The number of benzene rings is 1. The molecule has 0 fully saturated rings. The molecule has 106 valence electrons. The Balaban J connectivity index is 1.98. The summed E-state index contributed by atoms with van der Waals surface area (Å²) in [5.74, 6) is 1.08. The fourth-order valence-corrected chi connectivity index (χ4v) is 2.30. The maximum Gasteiger partial charge on any atom is 0.150 e. The van der Waals surface area contributed by atoms with Gasteiger partial charge in [-0.15, -0.1) is 0 Å². The molecule has 0 bridgehead atoms. The molecule has 0 amide bonds. The molecule has 2 nitrogen and oxygen atoms in total. The maximum atomic E-state index is 10.7. The van der Waals surface area contributed by atoms with E-state index in [0.717, 1.165) is 43.5 Å². The van der Waals surface area contributed by atoms with Crippen LogP contribution in [0.4, 0.5) is 0 Å². The van der Waals surface area contributed by atoms with E-state index in [2.05, 4.69) is 19.1 Å². The Morgan fingerprint density at radius 3 is 2.70 bits per heavy atom. The summed E-state index contributed by atoms with van der Waals surface area (Å²) in [5.41, 5.74) is 3.05.